The van der Waals surface area contributed by atoms with Gasteiger partial charge < -0.3 is 19.7 Å². The zero-order chi connectivity index (χ0) is 18.7. The van der Waals surface area contributed by atoms with Crippen LogP contribution in [0, 0.1) is 13.8 Å². The molecule has 0 aliphatic carbocycles. The van der Waals surface area contributed by atoms with E-state index in [-0.39, 0.29) is 17.6 Å². The Bertz CT molecular complexity index is 795. The summed E-state index contributed by atoms with van der Waals surface area (Å²) in [4.78, 5) is 33.5. The largest absolute Gasteiger partial charge is 0.478 e. The smallest absolute Gasteiger partial charge is 0.337 e. The maximum absolute atomic E-state index is 13.2. The number of aromatic amines is 1. The molecule has 0 spiro atoms. The van der Waals surface area contributed by atoms with E-state index < -0.39 is 5.97 Å². The van der Waals surface area contributed by atoms with Crippen molar-refractivity contribution in [3.05, 3.63) is 52.6 Å². The van der Waals surface area contributed by atoms with Crippen LogP contribution >= 0.6 is 0 Å². The van der Waals surface area contributed by atoms with Gasteiger partial charge in [0, 0.05) is 25.0 Å². The van der Waals surface area contributed by atoms with E-state index in [0.29, 0.717) is 36.6 Å². The number of aryl methyl sites for hydroxylation is 1. The minimum absolute atomic E-state index is 0.00188. The summed E-state index contributed by atoms with van der Waals surface area (Å²) in [6.45, 7) is 4.83. The van der Waals surface area contributed by atoms with Crippen molar-refractivity contribution < 1.29 is 19.4 Å². The molecule has 1 saturated heterocycles. The molecule has 0 saturated carbocycles. The lowest BCUT2D eigenvalue weighted by Gasteiger charge is -2.25. The van der Waals surface area contributed by atoms with E-state index in [1.54, 1.807) is 24.9 Å². The molecule has 1 fully saturated rings. The second-order valence-corrected chi connectivity index (χ2v) is 6.57. The molecule has 2 aromatic rings. The van der Waals surface area contributed by atoms with Crippen molar-refractivity contribution >= 4 is 11.9 Å². The summed E-state index contributed by atoms with van der Waals surface area (Å²) in [6, 6.07) is 5.57. The van der Waals surface area contributed by atoms with Gasteiger partial charge in [-0.15, -0.1) is 0 Å². The Balaban J connectivity index is 1.88. The number of hydrogen-bond donors (Lipinski definition) is 2. The van der Waals surface area contributed by atoms with Crippen molar-refractivity contribution in [2.75, 3.05) is 13.2 Å². The number of hydrogen-bond acceptors (Lipinski definition) is 4. The number of ether oxygens (including phenoxy) is 1. The number of H-pyrrole nitrogens is 1. The molecule has 0 radical (unpaired) electrons. The van der Waals surface area contributed by atoms with Crippen LogP contribution in [0.3, 0.4) is 0 Å². The molecule has 1 amide bonds. The average molecular weight is 357 g/mol. The van der Waals surface area contributed by atoms with Crippen LogP contribution in [-0.4, -0.2) is 51.1 Å². The summed E-state index contributed by atoms with van der Waals surface area (Å²) < 4.78 is 5.69. The number of nitrogens with zero attached hydrogens (tertiary/aromatic N) is 2. The maximum atomic E-state index is 13.2. The maximum Gasteiger partial charge on any atom is 0.337 e. The van der Waals surface area contributed by atoms with E-state index in [4.69, 9.17) is 4.74 Å². The molecule has 0 bridgehead atoms. The number of carbonyl (C=O) groups excluding carboxylic acids is 1. The van der Waals surface area contributed by atoms with Crippen molar-refractivity contribution in [1.29, 1.82) is 0 Å². The standard InChI is InChI=1S/C19H23N3O4/c1-12-16(19(24)25)13(2)21-17(12)18(23)22(11-15-7-5-9-26-15)10-14-6-3-4-8-20-14/h3-4,6,8,15,21H,5,7,9-11H2,1-2H3,(H,24,25). The highest BCUT2D eigenvalue weighted by molar-refractivity contribution is 5.99. The second kappa shape index (κ2) is 7.70. The van der Waals surface area contributed by atoms with Crippen LogP contribution in [0.5, 0.6) is 0 Å². The average Bonchev–Trinajstić information content (AvgIpc) is 3.22. The molecule has 2 N–H and O–H groups in total. The Morgan fingerprint density at radius 3 is 2.77 bits per heavy atom. The van der Waals surface area contributed by atoms with Gasteiger partial charge in [0.25, 0.3) is 5.91 Å². The fourth-order valence-corrected chi connectivity index (χ4v) is 3.38. The summed E-state index contributed by atoms with van der Waals surface area (Å²) in [5, 5.41) is 9.37. The van der Waals surface area contributed by atoms with E-state index in [0.717, 1.165) is 18.5 Å². The molecule has 3 rings (SSSR count). The highest BCUT2D eigenvalue weighted by atomic mass is 16.5. The van der Waals surface area contributed by atoms with Crippen LogP contribution in [0.2, 0.25) is 0 Å². The van der Waals surface area contributed by atoms with E-state index >= 15 is 0 Å². The van der Waals surface area contributed by atoms with E-state index in [9.17, 15) is 14.7 Å². The minimum Gasteiger partial charge on any atom is -0.478 e. The van der Waals surface area contributed by atoms with Crippen LogP contribution in [0.15, 0.2) is 24.4 Å². The summed E-state index contributed by atoms with van der Waals surface area (Å²) in [5.74, 6) is -1.27. The zero-order valence-electron chi connectivity index (χ0n) is 15.0. The first-order valence-corrected chi connectivity index (χ1v) is 8.70. The van der Waals surface area contributed by atoms with Gasteiger partial charge in [0.05, 0.1) is 23.9 Å². The highest BCUT2D eigenvalue weighted by Crippen LogP contribution is 2.22. The number of pyridine rings is 1. The zero-order valence-corrected chi connectivity index (χ0v) is 15.0. The lowest BCUT2D eigenvalue weighted by molar-refractivity contribution is 0.0500. The summed E-state index contributed by atoms with van der Waals surface area (Å²) in [7, 11) is 0. The van der Waals surface area contributed by atoms with Crippen molar-refractivity contribution in [1.82, 2.24) is 14.9 Å². The molecule has 1 unspecified atom stereocenters. The molecule has 1 aliphatic rings. The number of carboxylic acids is 1. The van der Waals surface area contributed by atoms with Crippen LogP contribution in [0.4, 0.5) is 0 Å². The molecule has 2 aromatic heterocycles. The van der Waals surface area contributed by atoms with Gasteiger partial charge in [-0.3, -0.25) is 9.78 Å². The Hall–Kier alpha value is -2.67. The van der Waals surface area contributed by atoms with Gasteiger partial charge in [-0.1, -0.05) is 6.07 Å². The monoisotopic (exact) mass is 357 g/mol. The molecule has 3 heterocycles. The van der Waals surface area contributed by atoms with E-state index in [1.165, 1.54) is 0 Å². The molecule has 1 atom stereocenters. The molecular weight excluding hydrogens is 334 g/mol. The fourth-order valence-electron chi connectivity index (χ4n) is 3.38. The van der Waals surface area contributed by atoms with Gasteiger partial charge in [0.1, 0.15) is 5.69 Å². The predicted octanol–water partition coefficient (Wildman–Crippen LogP) is 2.55. The Kier molecular flexibility index (Phi) is 5.37. The van der Waals surface area contributed by atoms with Gasteiger partial charge in [-0.05, 0) is 44.4 Å². The van der Waals surface area contributed by atoms with Gasteiger partial charge in [-0.25, -0.2) is 4.79 Å². The van der Waals surface area contributed by atoms with E-state index in [2.05, 4.69) is 9.97 Å². The van der Waals surface area contributed by atoms with E-state index in [1.807, 2.05) is 18.2 Å². The van der Waals surface area contributed by atoms with Gasteiger partial charge in [-0.2, -0.15) is 0 Å². The lowest BCUT2D eigenvalue weighted by atomic mass is 10.1. The summed E-state index contributed by atoms with van der Waals surface area (Å²) >= 11 is 0. The number of rotatable bonds is 6. The van der Waals surface area contributed by atoms with Crippen molar-refractivity contribution in [3.8, 4) is 0 Å². The third-order valence-corrected chi connectivity index (χ3v) is 4.68. The minimum atomic E-state index is -1.04. The lowest BCUT2D eigenvalue weighted by Crippen LogP contribution is -2.37. The summed E-state index contributed by atoms with van der Waals surface area (Å²) in [6.07, 6.45) is 3.59. The molecular formula is C19H23N3O4. The van der Waals surface area contributed by atoms with Crippen LogP contribution in [0.25, 0.3) is 0 Å². The van der Waals surface area contributed by atoms with Crippen LogP contribution in [-0.2, 0) is 11.3 Å². The van der Waals surface area contributed by atoms with Gasteiger partial charge >= 0.3 is 5.97 Å². The first-order valence-electron chi connectivity index (χ1n) is 8.70. The third-order valence-electron chi connectivity index (χ3n) is 4.68. The van der Waals surface area contributed by atoms with Gasteiger partial charge in [0.15, 0.2) is 0 Å². The molecule has 7 nitrogen and oxygen atoms in total. The number of nitrogens with one attached hydrogen (secondary N) is 1. The van der Waals surface area contributed by atoms with Crippen molar-refractivity contribution in [3.63, 3.8) is 0 Å². The Morgan fingerprint density at radius 1 is 1.38 bits per heavy atom. The molecule has 1 aliphatic heterocycles. The number of carboxylic acid groups (broad SMARTS) is 1. The van der Waals surface area contributed by atoms with Crippen molar-refractivity contribution in [2.45, 2.75) is 39.3 Å². The van der Waals surface area contributed by atoms with Crippen LogP contribution < -0.4 is 0 Å². The topological polar surface area (TPSA) is 95.5 Å². The highest BCUT2D eigenvalue weighted by Gasteiger charge is 2.28. The number of carbonyl (C=O) groups is 2. The van der Waals surface area contributed by atoms with Gasteiger partial charge in [0.2, 0.25) is 0 Å². The number of aromatic carboxylic acids is 1. The molecule has 7 heteroatoms. The number of aromatic nitrogens is 2. The Labute approximate surface area is 152 Å². The molecule has 138 valence electrons. The second-order valence-electron chi connectivity index (χ2n) is 6.57. The van der Waals surface area contributed by atoms with Crippen LogP contribution in [0.1, 0.15) is 50.6 Å². The molecule has 0 aromatic carbocycles. The third kappa shape index (κ3) is 3.77. The number of amides is 1. The van der Waals surface area contributed by atoms with Crippen molar-refractivity contribution in [2.24, 2.45) is 0 Å². The first kappa shape index (κ1) is 18.1. The molecule has 26 heavy (non-hydrogen) atoms. The first-order chi connectivity index (χ1) is 12.5. The SMILES string of the molecule is Cc1[nH]c(C(=O)N(Cc2ccccn2)CC2CCCO2)c(C)c1C(=O)O. The quantitative estimate of drug-likeness (QED) is 0.828. The summed E-state index contributed by atoms with van der Waals surface area (Å²) in [5.41, 5.74) is 2.18. The Morgan fingerprint density at radius 2 is 2.19 bits per heavy atom. The fraction of sp³-hybridized carbons (Fsp3) is 0.421. The predicted molar refractivity (Wildman–Crippen MR) is 95.2 cm³/mol. The normalized spacial score (nSPS) is 16.6.